The topological polar surface area (TPSA) is 42.2 Å². The third-order valence-corrected chi connectivity index (χ3v) is 2.08. The molecule has 0 aliphatic rings. The number of pyridine rings is 1. The second kappa shape index (κ2) is 2.62. The third-order valence-electron chi connectivity index (χ3n) is 2.08. The van der Waals surface area contributed by atoms with Crippen molar-refractivity contribution < 1.29 is 5.11 Å². The van der Waals surface area contributed by atoms with Crippen LogP contribution >= 0.6 is 0 Å². The molecule has 0 radical (unpaired) electrons. The Labute approximate surface area is 74.9 Å². The molecule has 3 heteroatoms. The van der Waals surface area contributed by atoms with Crippen molar-refractivity contribution in [2.45, 2.75) is 0 Å². The Morgan fingerprint density at radius 1 is 1.31 bits per heavy atom. The number of aromatic nitrogens is 1. The van der Waals surface area contributed by atoms with E-state index in [9.17, 15) is 9.90 Å². The van der Waals surface area contributed by atoms with Crippen LogP contribution in [0, 0.1) is 0 Å². The average molecular weight is 175 g/mol. The zero-order chi connectivity index (χ0) is 9.42. The van der Waals surface area contributed by atoms with Gasteiger partial charge in [0.15, 0.2) is 5.43 Å². The summed E-state index contributed by atoms with van der Waals surface area (Å²) >= 11 is 0. The summed E-state index contributed by atoms with van der Waals surface area (Å²) in [5, 5.41) is 9.74. The molecular weight excluding hydrogens is 166 g/mol. The molecule has 2 rings (SSSR count). The van der Waals surface area contributed by atoms with E-state index >= 15 is 0 Å². The predicted octanol–water partition coefficient (Wildman–Crippen LogP) is 1.24. The number of phenolic OH excluding ortho intramolecular Hbond substituents is 1. The Kier molecular flexibility index (Phi) is 1.59. The van der Waals surface area contributed by atoms with Crippen molar-refractivity contribution in [3.63, 3.8) is 0 Å². The fourth-order valence-corrected chi connectivity index (χ4v) is 1.38. The van der Waals surface area contributed by atoms with Crippen LogP contribution in [0.4, 0.5) is 0 Å². The first-order valence-electron chi connectivity index (χ1n) is 3.97. The fourth-order valence-electron chi connectivity index (χ4n) is 1.38. The van der Waals surface area contributed by atoms with Gasteiger partial charge in [-0.25, -0.2) is 0 Å². The molecule has 0 spiro atoms. The molecule has 0 atom stereocenters. The molecule has 1 aromatic carbocycles. The van der Waals surface area contributed by atoms with Crippen LogP contribution in [0.3, 0.4) is 0 Å². The number of nitrogens with zero attached hydrogens (tertiary/aromatic N) is 1. The summed E-state index contributed by atoms with van der Waals surface area (Å²) in [6.45, 7) is 0. The van der Waals surface area contributed by atoms with Crippen molar-refractivity contribution in [1.29, 1.82) is 0 Å². The van der Waals surface area contributed by atoms with Gasteiger partial charge in [0.25, 0.3) is 0 Å². The zero-order valence-corrected chi connectivity index (χ0v) is 7.19. The lowest BCUT2D eigenvalue weighted by Crippen LogP contribution is -2.04. The first-order valence-corrected chi connectivity index (χ1v) is 3.97. The number of hydrogen-bond donors (Lipinski definition) is 1. The lowest BCUT2D eigenvalue weighted by Gasteiger charge is -2.03. The van der Waals surface area contributed by atoms with Gasteiger partial charge < -0.3 is 9.67 Å². The Balaban J connectivity index is 3.01. The molecule has 0 unspecified atom stereocenters. The van der Waals surface area contributed by atoms with Gasteiger partial charge in [0.05, 0.1) is 5.52 Å². The molecule has 1 heterocycles. The molecule has 0 aliphatic heterocycles. The van der Waals surface area contributed by atoms with Crippen molar-refractivity contribution >= 4 is 10.9 Å². The second-order valence-electron chi connectivity index (χ2n) is 2.99. The van der Waals surface area contributed by atoms with E-state index in [-0.39, 0.29) is 11.2 Å². The van der Waals surface area contributed by atoms with Gasteiger partial charge in [0.2, 0.25) is 0 Å². The minimum Gasteiger partial charge on any atom is -0.508 e. The van der Waals surface area contributed by atoms with Gasteiger partial charge in [-0.2, -0.15) is 0 Å². The van der Waals surface area contributed by atoms with Crippen LogP contribution in [0.25, 0.3) is 10.9 Å². The molecule has 13 heavy (non-hydrogen) atoms. The van der Waals surface area contributed by atoms with Crippen LogP contribution in [0.5, 0.6) is 5.75 Å². The average Bonchev–Trinajstić information content (AvgIpc) is 2.12. The Morgan fingerprint density at radius 2 is 2.08 bits per heavy atom. The van der Waals surface area contributed by atoms with Gasteiger partial charge in [-0.3, -0.25) is 4.79 Å². The van der Waals surface area contributed by atoms with Crippen LogP contribution in [0.2, 0.25) is 0 Å². The van der Waals surface area contributed by atoms with E-state index in [1.165, 1.54) is 12.1 Å². The van der Waals surface area contributed by atoms with Gasteiger partial charge in [0.1, 0.15) is 5.75 Å². The third kappa shape index (κ3) is 1.18. The van der Waals surface area contributed by atoms with E-state index in [4.69, 9.17) is 0 Å². The molecule has 3 nitrogen and oxygen atoms in total. The SMILES string of the molecule is Cn1ccc(=O)c2cc(O)ccc21. The van der Waals surface area contributed by atoms with Crippen LogP contribution < -0.4 is 5.43 Å². The summed E-state index contributed by atoms with van der Waals surface area (Å²) in [5.74, 6) is 0.121. The largest absolute Gasteiger partial charge is 0.508 e. The molecular formula is C10H9NO2. The van der Waals surface area contributed by atoms with Crippen LogP contribution in [0.15, 0.2) is 35.3 Å². The van der Waals surface area contributed by atoms with E-state index in [0.717, 1.165) is 5.52 Å². The standard InChI is InChI=1S/C10H9NO2/c1-11-5-4-10(13)8-6-7(12)2-3-9(8)11/h2-6,12H,1H3. The summed E-state index contributed by atoms with van der Waals surface area (Å²) in [7, 11) is 1.86. The zero-order valence-electron chi connectivity index (χ0n) is 7.19. The summed E-state index contributed by atoms with van der Waals surface area (Å²) in [4.78, 5) is 11.4. The summed E-state index contributed by atoms with van der Waals surface area (Å²) in [6.07, 6.45) is 1.71. The molecule has 0 amide bonds. The molecule has 1 N–H and O–H groups in total. The van der Waals surface area contributed by atoms with E-state index < -0.39 is 0 Å². The van der Waals surface area contributed by atoms with Crippen molar-refractivity contribution in [1.82, 2.24) is 4.57 Å². The Morgan fingerprint density at radius 3 is 2.85 bits per heavy atom. The number of benzene rings is 1. The highest BCUT2D eigenvalue weighted by Crippen LogP contribution is 2.15. The lowest BCUT2D eigenvalue weighted by molar-refractivity contribution is 0.476. The number of fused-ring (bicyclic) bond motifs is 1. The van der Waals surface area contributed by atoms with Gasteiger partial charge in [0, 0.05) is 24.7 Å². The summed E-state index contributed by atoms with van der Waals surface area (Å²) in [6, 6.07) is 6.27. The maximum Gasteiger partial charge on any atom is 0.189 e. The van der Waals surface area contributed by atoms with Crippen LogP contribution in [-0.4, -0.2) is 9.67 Å². The van der Waals surface area contributed by atoms with Crippen LogP contribution in [-0.2, 0) is 7.05 Å². The minimum absolute atomic E-state index is 0.0657. The maximum absolute atomic E-state index is 11.4. The fraction of sp³-hybridized carbons (Fsp3) is 0.100. The summed E-state index contributed by atoms with van der Waals surface area (Å²) < 4.78 is 1.84. The van der Waals surface area contributed by atoms with E-state index in [0.29, 0.717) is 5.39 Å². The molecule has 0 aliphatic carbocycles. The van der Waals surface area contributed by atoms with Crippen molar-refractivity contribution in [2.24, 2.45) is 7.05 Å². The van der Waals surface area contributed by atoms with Crippen molar-refractivity contribution in [2.75, 3.05) is 0 Å². The highest BCUT2D eigenvalue weighted by molar-refractivity contribution is 5.80. The van der Waals surface area contributed by atoms with Crippen LogP contribution in [0.1, 0.15) is 0 Å². The number of aromatic hydroxyl groups is 1. The van der Waals surface area contributed by atoms with Gasteiger partial charge >= 0.3 is 0 Å². The predicted molar refractivity (Wildman–Crippen MR) is 50.9 cm³/mol. The van der Waals surface area contributed by atoms with Gasteiger partial charge in [-0.05, 0) is 18.2 Å². The maximum atomic E-state index is 11.4. The number of phenols is 1. The van der Waals surface area contributed by atoms with Crippen molar-refractivity contribution in [3.05, 3.63) is 40.7 Å². The molecule has 0 fully saturated rings. The molecule has 1 aromatic heterocycles. The molecule has 2 aromatic rings. The normalized spacial score (nSPS) is 10.5. The first-order chi connectivity index (χ1) is 6.18. The minimum atomic E-state index is -0.0657. The monoisotopic (exact) mass is 175 g/mol. The van der Waals surface area contributed by atoms with E-state index in [2.05, 4.69) is 0 Å². The molecule has 0 saturated carbocycles. The van der Waals surface area contributed by atoms with Gasteiger partial charge in [-0.1, -0.05) is 0 Å². The lowest BCUT2D eigenvalue weighted by atomic mass is 10.2. The number of rotatable bonds is 0. The number of hydrogen-bond acceptors (Lipinski definition) is 2. The first kappa shape index (κ1) is 7.86. The smallest absolute Gasteiger partial charge is 0.189 e. The van der Waals surface area contributed by atoms with E-state index in [1.807, 2.05) is 11.6 Å². The van der Waals surface area contributed by atoms with E-state index in [1.54, 1.807) is 18.3 Å². The molecule has 66 valence electrons. The summed E-state index contributed by atoms with van der Waals surface area (Å²) in [5.41, 5.74) is 0.759. The highest BCUT2D eigenvalue weighted by Gasteiger charge is 2.00. The Hall–Kier alpha value is -1.77. The second-order valence-corrected chi connectivity index (χ2v) is 2.99. The molecule has 0 saturated heterocycles. The Bertz CT molecular complexity index is 514. The molecule has 0 bridgehead atoms. The number of aryl methyl sites for hydroxylation is 1. The highest BCUT2D eigenvalue weighted by atomic mass is 16.3. The quantitative estimate of drug-likeness (QED) is 0.654. The van der Waals surface area contributed by atoms with Crippen molar-refractivity contribution in [3.8, 4) is 5.75 Å². The van der Waals surface area contributed by atoms with Gasteiger partial charge in [-0.15, -0.1) is 0 Å².